The third-order valence-corrected chi connectivity index (χ3v) is 11.2. The molecule has 0 atom stereocenters. The lowest BCUT2D eigenvalue weighted by Crippen LogP contribution is -2.17. The van der Waals surface area contributed by atoms with Crippen LogP contribution in [0.25, 0.3) is 72.4 Å². The summed E-state index contributed by atoms with van der Waals surface area (Å²) in [4.78, 5) is 10.6. The van der Waals surface area contributed by atoms with Gasteiger partial charge in [0, 0.05) is 44.0 Å². The zero-order chi connectivity index (χ0) is 33.1. The molecule has 0 unspecified atom stereocenters. The summed E-state index contributed by atoms with van der Waals surface area (Å²) in [5.41, 5.74) is 16.6. The summed E-state index contributed by atoms with van der Waals surface area (Å²) in [6.07, 6.45) is 0. The first-order chi connectivity index (χ1) is 23.8. The van der Waals surface area contributed by atoms with Crippen LogP contribution in [0.3, 0.4) is 0 Å². The van der Waals surface area contributed by atoms with Crippen LogP contribution in [0.1, 0.15) is 50.1 Å². The van der Waals surface area contributed by atoms with Crippen LogP contribution in [0.4, 0.5) is 0 Å². The lowest BCUT2D eigenvalue weighted by atomic mass is 9.82. The van der Waals surface area contributed by atoms with E-state index >= 15 is 0 Å². The molecule has 0 N–H and O–H groups in total. The Morgan fingerprint density at radius 2 is 1.10 bits per heavy atom. The SMILES string of the molecule is CC1(C)c2ccccc2-c2c1ccc1c2c2ccccc2n1-c1ccc(-c2nc(-c3ccccc3)c3c(n2)C(C)(C)c2ccccc2-3)cc1. The second kappa shape index (κ2) is 9.87. The van der Waals surface area contributed by atoms with Gasteiger partial charge in [-0.05, 0) is 69.8 Å². The summed E-state index contributed by atoms with van der Waals surface area (Å²) >= 11 is 0. The minimum absolute atomic E-state index is 0.0463. The molecule has 8 aromatic rings. The maximum atomic E-state index is 5.33. The summed E-state index contributed by atoms with van der Waals surface area (Å²) < 4.78 is 2.42. The number of fused-ring (bicyclic) bond motifs is 10. The molecule has 49 heavy (non-hydrogen) atoms. The van der Waals surface area contributed by atoms with E-state index in [1.54, 1.807) is 0 Å². The largest absolute Gasteiger partial charge is 0.309 e. The first-order valence-corrected chi connectivity index (χ1v) is 17.2. The van der Waals surface area contributed by atoms with Gasteiger partial charge in [0.25, 0.3) is 0 Å². The van der Waals surface area contributed by atoms with Crippen LogP contribution >= 0.6 is 0 Å². The van der Waals surface area contributed by atoms with Crippen LogP contribution < -0.4 is 0 Å². The summed E-state index contributed by atoms with van der Waals surface area (Å²) in [6.45, 7) is 9.27. The molecule has 2 aliphatic carbocycles. The van der Waals surface area contributed by atoms with Crippen molar-refractivity contribution in [3.05, 3.63) is 162 Å². The van der Waals surface area contributed by atoms with Gasteiger partial charge in [0.1, 0.15) is 0 Å². The summed E-state index contributed by atoms with van der Waals surface area (Å²) in [5, 5.41) is 2.61. The second-order valence-corrected chi connectivity index (χ2v) is 14.6. The minimum atomic E-state index is -0.233. The smallest absolute Gasteiger partial charge is 0.160 e. The highest BCUT2D eigenvalue weighted by Gasteiger charge is 2.40. The predicted octanol–water partition coefficient (Wildman–Crippen LogP) is 11.5. The molecule has 0 saturated heterocycles. The molecule has 0 aliphatic heterocycles. The summed E-state index contributed by atoms with van der Waals surface area (Å²) in [7, 11) is 0. The second-order valence-electron chi connectivity index (χ2n) is 14.6. The standard InChI is InChI=1S/C46H35N3/c1-45(2)34-19-11-8-16-31(34)39-36(45)26-27-38-40(39)33-18-10-13-21-37(33)49(38)30-24-22-29(23-25-30)44-47-42(28-14-6-5-7-15-28)41-32-17-9-12-20-35(32)46(3,4)43(41)48-44/h5-27H,1-4H3. The number of nitrogens with zero attached hydrogens (tertiary/aromatic N) is 3. The Balaban J connectivity index is 1.16. The van der Waals surface area contributed by atoms with Gasteiger partial charge in [0.05, 0.1) is 22.4 Å². The van der Waals surface area contributed by atoms with Crippen LogP contribution in [-0.4, -0.2) is 14.5 Å². The molecule has 0 amide bonds. The topological polar surface area (TPSA) is 30.7 Å². The fourth-order valence-corrected chi connectivity index (χ4v) is 8.77. The number of hydrogen-bond acceptors (Lipinski definition) is 2. The van der Waals surface area contributed by atoms with Gasteiger partial charge >= 0.3 is 0 Å². The van der Waals surface area contributed by atoms with Crippen molar-refractivity contribution < 1.29 is 0 Å². The van der Waals surface area contributed by atoms with Crippen LogP contribution in [0, 0.1) is 0 Å². The van der Waals surface area contributed by atoms with E-state index in [4.69, 9.17) is 9.97 Å². The third kappa shape index (κ3) is 3.79. The average Bonchev–Trinajstić information content (AvgIpc) is 3.69. The lowest BCUT2D eigenvalue weighted by Gasteiger charge is -2.21. The normalized spacial score (nSPS) is 14.9. The monoisotopic (exact) mass is 629 g/mol. The number of aromatic nitrogens is 3. The quantitative estimate of drug-likeness (QED) is 0.195. The van der Waals surface area contributed by atoms with E-state index in [9.17, 15) is 0 Å². The molecule has 2 aromatic heterocycles. The molecular weight excluding hydrogens is 595 g/mol. The molecule has 0 fully saturated rings. The molecule has 6 aromatic carbocycles. The molecule has 0 bridgehead atoms. The minimum Gasteiger partial charge on any atom is -0.309 e. The Kier molecular flexibility index (Phi) is 5.69. The fraction of sp³-hybridized carbons (Fsp3) is 0.130. The molecule has 234 valence electrons. The molecule has 3 nitrogen and oxygen atoms in total. The van der Waals surface area contributed by atoms with Crippen molar-refractivity contribution in [3.63, 3.8) is 0 Å². The van der Waals surface area contributed by atoms with Gasteiger partial charge in [-0.3, -0.25) is 0 Å². The molecule has 3 heteroatoms. The first-order valence-electron chi connectivity index (χ1n) is 17.2. The molecule has 0 spiro atoms. The zero-order valence-electron chi connectivity index (χ0n) is 28.1. The van der Waals surface area contributed by atoms with E-state index < -0.39 is 0 Å². The van der Waals surface area contributed by atoms with E-state index in [1.165, 1.54) is 55.2 Å². The van der Waals surface area contributed by atoms with Gasteiger partial charge in [0.15, 0.2) is 5.82 Å². The highest BCUT2D eigenvalue weighted by molar-refractivity contribution is 6.17. The third-order valence-electron chi connectivity index (χ3n) is 11.2. The van der Waals surface area contributed by atoms with Crippen LogP contribution in [0.2, 0.25) is 0 Å². The van der Waals surface area contributed by atoms with Crippen molar-refractivity contribution in [2.24, 2.45) is 0 Å². The Morgan fingerprint density at radius 1 is 0.469 bits per heavy atom. The summed E-state index contributed by atoms with van der Waals surface area (Å²) in [5.74, 6) is 0.754. The van der Waals surface area contributed by atoms with E-state index in [2.05, 4.69) is 172 Å². The highest BCUT2D eigenvalue weighted by atomic mass is 15.0. The van der Waals surface area contributed by atoms with Gasteiger partial charge in [-0.2, -0.15) is 0 Å². The van der Waals surface area contributed by atoms with Gasteiger partial charge < -0.3 is 4.57 Å². The average molecular weight is 630 g/mol. The van der Waals surface area contributed by atoms with Gasteiger partial charge in [0.2, 0.25) is 0 Å². The van der Waals surface area contributed by atoms with Crippen molar-refractivity contribution in [3.8, 4) is 50.6 Å². The van der Waals surface area contributed by atoms with Crippen molar-refractivity contribution in [2.45, 2.75) is 38.5 Å². The molecule has 0 radical (unpaired) electrons. The van der Waals surface area contributed by atoms with Gasteiger partial charge in [-0.25, -0.2) is 9.97 Å². The molecule has 2 heterocycles. The number of rotatable bonds is 3. The Hall–Kier alpha value is -5.80. The summed E-state index contributed by atoms with van der Waals surface area (Å²) in [6, 6.07) is 50.5. The van der Waals surface area contributed by atoms with Crippen LogP contribution in [0.5, 0.6) is 0 Å². The van der Waals surface area contributed by atoms with E-state index in [-0.39, 0.29) is 10.8 Å². The zero-order valence-corrected chi connectivity index (χ0v) is 28.1. The Labute approximate surface area is 286 Å². The van der Waals surface area contributed by atoms with Crippen molar-refractivity contribution >= 4 is 21.8 Å². The first kappa shape index (κ1) is 28.2. The van der Waals surface area contributed by atoms with E-state index in [0.717, 1.165) is 39.6 Å². The highest BCUT2D eigenvalue weighted by Crippen LogP contribution is 2.54. The molecule has 10 rings (SSSR count). The van der Waals surface area contributed by atoms with Crippen molar-refractivity contribution in [1.29, 1.82) is 0 Å². The van der Waals surface area contributed by atoms with Crippen LogP contribution in [-0.2, 0) is 10.8 Å². The maximum absolute atomic E-state index is 5.33. The van der Waals surface area contributed by atoms with Gasteiger partial charge in [-0.1, -0.05) is 131 Å². The lowest BCUT2D eigenvalue weighted by molar-refractivity contribution is 0.636. The molecule has 0 saturated carbocycles. The maximum Gasteiger partial charge on any atom is 0.160 e. The van der Waals surface area contributed by atoms with Gasteiger partial charge in [-0.15, -0.1) is 0 Å². The Morgan fingerprint density at radius 3 is 1.86 bits per heavy atom. The predicted molar refractivity (Wildman–Crippen MR) is 202 cm³/mol. The van der Waals surface area contributed by atoms with Crippen molar-refractivity contribution in [1.82, 2.24) is 14.5 Å². The van der Waals surface area contributed by atoms with Crippen molar-refractivity contribution in [2.75, 3.05) is 0 Å². The van der Waals surface area contributed by atoms with Crippen LogP contribution in [0.15, 0.2) is 140 Å². The number of para-hydroxylation sites is 1. The number of benzene rings is 6. The molecule has 2 aliphatic rings. The van der Waals surface area contributed by atoms with E-state index in [1.807, 2.05) is 0 Å². The molecular formula is C46H35N3. The fourth-order valence-electron chi connectivity index (χ4n) is 8.77. The van der Waals surface area contributed by atoms with E-state index in [0.29, 0.717) is 0 Å². The Bertz CT molecular complexity index is 2640. The number of hydrogen-bond donors (Lipinski definition) is 0.